The van der Waals surface area contributed by atoms with Crippen molar-refractivity contribution in [3.05, 3.63) is 63.1 Å². The second-order valence-electron chi connectivity index (χ2n) is 7.78. The van der Waals surface area contributed by atoms with E-state index in [1.165, 1.54) is 11.9 Å². The van der Waals surface area contributed by atoms with Gasteiger partial charge < -0.3 is 10.2 Å². The summed E-state index contributed by atoms with van der Waals surface area (Å²) in [6.45, 7) is 5.02. The van der Waals surface area contributed by atoms with Gasteiger partial charge in [0.05, 0.1) is 11.9 Å². The van der Waals surface area contributed by atoms with E-state index in [2.05, 4.69) is 5.32 Å². The van der Waals surface area contributed by atoms with Gasteiger partial charge in [0.15, 0.2) is 0 Å². The molecule has 0 radical (unpaired) electrons. The highest BCUT2D eigenvalue weighted by atomic mass is 35.5. The largest absolute Gasteiger partial charge is 0.357 e. The Kier molecular flexibility index (Phi) is 9.17. The summed E-state index contributed by atoms with van der Waals surface area (Å²) in [6, 6.07) is 9.34. The lowest BCUT2D eigenvalue weighted by Crippen LogP contribution is -2.51. The number of amides is 2. The van der Waals surface area contributed by atoms with Gasteiger partial charge in [-0.15, -0.1) is 0 Å². The van der Waals surface area contributed by atoms with E-state index in [4.69, 9.17) is 23.2 Å². The first kappa shape index (κ1) is 27.0. The summed E-state index contributed by atoms with van der Waals surface area (Å²) in [5.41, 5.74) is 2.66. The summed E-state index contributed by atoms with van der Waals surface area (Å²) in [5.74, 6) is -0.878. The minimum atomic E-state index is -3.79. The van der Waals surface area contributed by atoms with Gasteiger partial charge in [0, 0.05) is 23.6 Å². The van der Waals surface area contributed by atoms with Gasteiger partial charge in [-0.25, -0.2) is 8.42 Å². The molecule has 33 heavy (non-hydrogen) atoms. The molecule has 0 aromatic heterocycles. The van der Waals surface area contributed by atoms with Gasteiger partial charge in [0.1, 0.15) is 12.6 Å². The number of nitrogens with zero attached hydrogens (tertiary/aromatic N) is 2. The van der Waals surface area contributed by atoms with Crippen molar-refractivity contribution in [3.63, 3.8) is 0 Å². The fraction of sp³-hybridized carbons (Fsp3) is 0.391. The van der Waals surface area contributed by atoms with Crippen molar-refractivity contribution in [1.29, 1.82) is 0 Å². The van der Waals surface area contributed by atoms with E-state index in [0.717, 1.165) is 21.7 Å². The minimum Gasteiger partial charge on any atom is -0.357 e. The lowest BCUT2D eigenvalue weighted by atomic mass is 10.1. The number of benzene rings is 2. The molecule has 2 aromatic rings. The topological polar surface area (TPSA) is 86.8 Å². The van der Waals surface area contributed by atoms with Crippen LogP contribution in [0.5, 0.6) is 0 Å². The molecule has 0 fully saturated rings. The van der Waals surface area contributed by atoms with Crippen LogP contribution < -0.4 is 9.62 Å². The van der Waals surface area contributed by atoms with Crippen LogP contribution in [0.2, 0.25) is 10.0 Å². The quantitative estimate of drug-likeness (QED) is 0.550. The van der Waals surface area contributed by atoms with Crippen LogP contribution >= 0.6 is 23.2 Å². The molecule has 10 heteroatoms. The predicted molar refractivity (Wildman–Crippen MR) is 133 cm³/mol. The fourth-order valence-corrected chi connectivity index (χ4v) is 4.89. The molecule has 0 spiro atoms. The molecule has 0 heterocycles. The average Bonchev–Trinajstić information content (AvgIpc) is 2.74. The van der Waals surface area contributed by atoms with Crippen LogP contribution in [-0.2, 0) is 26.2 Å². The van der Waals surface area contributed by atoms with E-state index in [9.17, 15) is 18.0 Å². The molecular weight excluding hydrogens is 485 g/mol. The smallest absolute Gasteiger partial charge is 0.244 e. The zero-order valence-corrected chi connectivity index (χ0v) is 21.7. The van der Waals surface area contributed by atoms with Gasteiger partial charge in [-0.3, -0.25) is 13.9 Å². The summed E-state index contributed by atoms with van der Waals surface area (Å²) in [6.07, 6.45) is 1.39. The predicted octanol–water partition coefficient (Wildman–Crippen LogP) is 3.93. The zero-order chi connectivity index (χ0) is 24.9. The molecule has 7 nitrogen and oxygen atoms in total. The van der Waals surface area contributed by atoms with Crippen molar-refractivity contribution in [1.82, 2.24) is 10.2 Å². The summed E-state index contributed by atoms with van der Waals surface area (Å²) < 4.78 is 26.4. The van der Waals surface area contributed by atoms with Crippen molar-refractivity contribution < 1.29 is 18.0 Å². The number of nitrogens with one attached hydrogen (secondary N) is 1. The van der Waals surface area contributed by atoms with Crippen LogP contribution in [0.4, 0.5) is 5.69 Å². The molecule has 0 aliphatic heterocycles. The fourth-order valence-electron chi connectivity index (χ4n) is 3.52. The highest BCUT2D eigenvalue weighted by Crippen LogP contribution is 2.27. The second-order valence-corrected chi connectivity index (χ2v) is 10.5. The number of aryl methyl sites for hydroxylation is 1. The van der Waals surface area contributed by atoms with Gasteiger partial charge in [-0.2, -0.15) is 0 Å². The number of anilines is 1. The monoisotopic (exact) mass is 513 g/mol. The van der Waals surface area contributed by atoms with Gasteiger partial charge in [0.2, 0.25) is 21.8 Å². The Morgan fingerprint density at radius 2 is 1.79 bits per heavy atom. The van der Waals surface area contributed by atoms with Gasteiger partial charge in [0.25, 0.3) is 0 Å². The maximum absolute atomic E-state index is 13.5. The van der Waals surface area contributed by atoms with Crippen molar-refractivity contribution in [2.75, 3.05) is 24.2 Å². The Morgan fingerprint density at radius 3 is 2.33 bits per heavy atom. The zero-order valence-electron chi connectivity index (χ0n) is 19.4. The summed E-state index contributed by atoms with van der Waals surface area (Å²) in [7, 11) is -2.30. The molecular formula is C23H29Cl2N3O4S. The molecule has 0 aliphatic carbocycles. The van der Waals surface area contributed by atoms with Crippen molar-refractivity contribution in [2.24, 2.45) is 0 Å². The summed E-state index contributed by atoms with van der Waals surface area (Å²) in [5, 5.41) is 3.37. The Labute approximate surface area is 205 Å². The van der Waals surface area contributed by atoms with Gasteiger partial charge >= 0.3 is 0 Å². The number of carbonyl (C=O) groups excluding carboxylic acids is 2. The standard InChI is InChI=1S/C23H29Cl2N3O4S/c1-6-20(23(30)26-4)27(13-17-10-11-18(24)12-19(17)25)22(29)14-28(33(5,31)32)21-9-7-8-15(2)16(21)3/h7-12,20H,6,13-14H2,1-5H3,(H,26,30)/t20-/m1/s1. The lowest BCUT2D eigenvalue weighted by molar-refractivity contribution is -0.140. The minimum absolute atomic E-state index is 0.0190. The second kappa shape index (κ2) is 11.2. The number of rotatable bonds is 9. The molecule has 0 aliphatic rings. The average molecular weight is 514 g/mol. The SMILES string of the molecule is CC[C@H](C(=O)NC)N(Cc1ccc(Cl)cc1Cl)C(=O)CN(c1cccc(C)c1C)S(C)(=O)=O. The number of carbonyl (C=O) groups is 2. The van der Waals surface area contributed by atoms with Crippen LogP contribution in [0, 0.1) is 13.8 Å². The molecule has 0 saturated heterocycles. The van der Waals surface area contributed by atoms with Crippen LogP contribution in [-0.4, -0.2) is 51.0 Å². The normalized spacial score (nSPS) is 12.2. The number of sulfonamides is 1. The van der Waals surface area contributed by atoms with E-state index in [1.54, 1.807) is 44.2 Å². The molecule has 180 valence electrons. The maximum atomic E-state index is 13.5. The van der Waals surface area contributed by atoms with Crippen molar-refractivity contribution >= 4 is 50.7 Å². The van der Waals surface area contributed by atoms with Gasteiger partial charge in [-0.05, 0) is 55.2 Å². The first-order valence-electron chi connectivity index (χ1n) is 10.4. The van der Waals surface area contributed by atoms with Crippen molar-refractivity contribution in [3.8, 4) is 0 Å². The van der Waals surface area contributed by atoms with E-state index in [0.29, 0.717) is 27.7 Å². The molecule has 1 N–H and O–H groups in total. The third-order valence-electron chi connectivity index (χ3n) is 5.51. The van der Waals surface area contributed by atoms with Crippen LogP contribution in [0.1, 0.15) is 30.0 Å². The number of halogens is 2. The molecule has 0 saturated carbocycles. The number of hydrogen-bond donors (Lipinski definition) is 1. The Balaban J connectivity index is 2.51. The summed E-state index contributed by atoms with van der Waals surface area (Å²) in [4.78, 5) is 27.5. The van der Waals surface area contributed by atoms with E-state index in [1.807, 2.05) is 13.0 Å². The van der Waals surface area contributed by atoms with Crippen molar-refractivity contribution in [2.45, 2.75) is 39.8 Å². The Hall–Kier alpha value is -2.29. The van der Waals surface area contributed by atoms with Crippen LogP contribution in [0.3, 0.4) is 0 Å². The third kappa shape index (κ3) is 6.62. The van der Waals surface area contributed by atoms with E-state index < -0.39 is 28.5 Å². The molecule has 2 rings (SSSR count). The van der Waals surface area contributed by atoms with Crippen LogP contribution in [0.25, 0.3) is 0 Å². The van der Waals surface area contributed by atoms with Gasteiger partial charge in [-0.1, -0.05) is 48.3 Å². The Morgan fingerprint density at radius 1 is 1.12 bits per heavy atom. The first-order chi connectivity index (χ1) is 15.4. The number of likely N-dealkylation sites (N-methyl/N-ethyl adjacent to an activating group) is 1. The first-order valence-corrected chi connectivity index (χ1v) is 13.0. The molecule has 2 amide bonds. The maximum Gasteiger partial charge on any atom is 0.244 e. The van der Waals surface area contributed by atoms with Crippen LogP contribution in [0.15, 0.2) is 36.4 Å². The molecule has 1 atom stereocenters. The van der Waals surface area contributed by atoms with E-state index >= 15 is 0 Å². The highest BCUT2D eigenvalue weighted by molar-refractivity contribution is 7.92. The molecule has 0 bridgehead atoms. The third-order valence-corrected chi connectivity index (χ3v) is 7.23. The van der Waals surface area contributed by atoms with E-state index in [-0.39, 0.29) is 12.5 Å². The highest BCUT2D eigenvalue weighted by Gasteiger charge is 2.32. The summed E-state index contributed by atoms with van der Waals surface area (Å²) >= 11 is 12.3. The number of hydrogen-bond acceptors (Lipinski definition) is 4. The Bertz CT molecular complexity index is 1140. The lowest BCUT2D eigenvalue weighted by Gasteiger charge is -2.33. The molecule has 2 aromatic carbocycles. The molecule has 0 unspecified atom stereocenters.